The number of carbonyl (C=O) groups is 1. The summed E-state index contributed by atoms with van der Waals surface area (Å²) < 4.78 is 5.06. The number of hydrogen-bond acceptors (Lipinski definition) is 2. The first-order valence-electron chi connectivity index (χ1n) is 5.61. The van der Waals surface area contributed by atoms with Gasteiger partial charge in [-0.1, -0.05) is 35.0 Å². The lowest BCUT2D eigenvalue weighted by Gasteiger charge is -2.09. The van der Waals surface area contributed by atoms with Crippen LogP contribution < -0.4 is 10.1 Å². The molecule has 0 aliphatic rings. The minimum atomic E-state index is 0.0583. The second-order valence-corrected chi connectivity index (χ2v) is 4.74. The normalized spacial score (nSPS) is 11.9. The van der Waals surface area contributed by atoms with E-state index in [0.717, 1.165) is 16.6 Å². The molecule has 1 amide bonds. The van der Waals surface area contributed by atoms with Gasteiger partial charge in [-0.2, -0.15) is 0 Å². The predicted octanol–water partition coefficient (Wildman–Crippen LogP) is 2.38. The van der Waals surface area contributed by atoms with Crippen molar-refractivity contribution >= 4 is 21.8 Å². The molecule has 0 aromatic heterocycles. The van der Waals surface area contributed by atoms with Crippen molar-refractivity contribution in [2.45, 2.75) is 13.3 Å². The van der Waals surface area contributed by atoms with Gasteiger partial charge in [-0.15, -0.1) is 0 Å². The van der Waals surface area contributed by atoms with Crippen LogP contribution in [0.15, 0.2) is 24.3 Å². The molecule has 0 aliphatic carbocycles. The molecular formula is C13H18BrNO2. The molecule has 1 aromatic carbocycles. The zero-order valence-corrected chi connectivity index (χ0v) is 11.8. The van der Waals surface area contributed by atoms with Crippen molar-refractivity contribution < 1.29 is 9.53 Å². The van der Waals surface area contributed by atoms with Crippen LogP contribution in [0, 0.1) is 5.92 Å². The van der Waals surface area contributed by atoms with Crippen LogP contribution in [-0.4, -0.2) is 24.9 Å². The molecule has 0 heterocycles. The zero-order chi connectivity index (χ0) is 12.7. The van der Waals surface area contributed by atoms with Crippen LogP contribution in [0.25, 0.3) is 0 Å². The maximum atomic E-state index is 11.6. The molecule has 1 unspecified atom stereocenters. The van der Waals surface area contributed by atoms with Gasteiger partial charge in [0.15, 0.2) is 0 Å². The first-order valence-corrected chi connectivity index (χ1v) is 6.73. The molecule has 1 aromatic rings. The molecule has 3 nitrogen and oxygen atoms in total. The monoisotopic (exact) mass is 299 g/mol. The first kappa shape index (κ1) is 14.0. The summed E-state index contributed by atoms with van der Waals surface area (Å²) in [4.78, 5) is 11.6. The highest BCUT2D eigenvalue weighted by Gasteiger charge is 2.05. The lowest BCUT2D eigenvalue weighted by Crippen LogP contribution is -2.30. The number of benzene rings is 1. The Kier molecular flexibility index (Phi) is 6.05. The van der Waals surface area contributed by atoms with Crippen LogP contribution in [-0.2, 0) is 11.2 Å². The highest BCUT2D eigenvalue weighted by atomic mass is 79.9. The average molecular weight is 300 g/mol. The summed E-state index contributed by atoms with van der Waals surface area (Å²) in [5.41, 5.74) is 0.995. The number of alkyl halides is 1. The molecule has 1 atom stereocenters. The van der Waals surface area contributed by atoms with E-state index in [1.807, 2.05) is 24.3 Å². The molecule has 0 spiro atoms. The van der Waals surface area contributed by atoms with E-state index < -0.39 is 0 Å². The molecule has 0 radical (unpaired) electrons. The summed E-state index contributed by atoms with van der Waals surface area (Å²) in [6.07, 6.45) is 0.416. The SMILES string of the molecule is COc1ccc(CC(=O)NCC(C)CBr)cc1. The summed E-state index contributed by atoms with van der Waals surface area (Å²) in [5.74, 6) is 1.32. The molecule has 0 bridgehead atoms. The molecule has 1 rings (SSSR count). The highest BCUT2D eigenvalue weighted by Crippen LogP contribution is 2.11. The van der Waals surface area contributed by atoms with Gasteiger partial charge in [-0.05, 0) is 23.6 Å². The Bertz CT molecular complexity index is 351. The molecule has 4 heteroatoms. The van der Waals surface area contributed by atoms with Crippen LogP contribution in [0.4, 0.5) is 0 Å². The Morgan fingerprint density at radius 2 is 2.06 bits per heavy atom. The minimum absolute atomic E-state index is 0.0583. The third-order valence-electron chi connectivity index (χ3n) is 2.43. The fourth-order valence-corrected chi connectivity index (χ4v) is 1.56. The van der Waals surface area contributed by atoms with Gasteiger partial charge < -0.3 is 10.1 Å². The van der Waals surface area contributed by atoms with E-state index in [0.29, 0.717) is 18.9 Å². The second-order valence-electron chi connectivity index (χ2n) is 4.09. The highest BCUT2D eigenvalue weighted by molar-refractivity contribution is 9.09. The molecule has 0 saturated heterocycles. The van der Waals surface area contributed by atoms with Crippen LogP contribution in [0.3, 0.4) is 0 Å². The van der Waals surface area contributed by atoms with E-state index in [9.17, 15) is 4.79 Å². The molecule has 0 saturated carbocycles. The van der Waals surface area contributed by atoms with Crippen molar-refractivity contribution in [2.24, 2.45) is 5.92 Å². The third-order valence-corrected chi connectivity index (χ3v) is 3.54. The summed E-state index contributed by atoms with van der Waals surface area (Å²) in [7, 11) is 1.63. The quantitative estimate of drug-likeness (QED) is 0.819. The van der Waals surface area contributed by atoms with Gasteiger partial charge in [0.2, 0.25) is 5.91 Å². The van der Waals surface area contributed by atoms with Crippen LogP contribution in [0.2, 0.25) is 0 Å². The number of methoxy groups -OCH3 is 1. The Hall–Kier alpha value is -1.03. The third kappa shape index (κ3) is 5.22. The molecule has 94 valence electrons. The van der Waals surface area contributed by atoms with Crippen molar-refractivity contribution in [1.82, 2.24) is 5.32 Å². The number of ether oxygens (including phenoxy) is 1. The average Bonchev–Trinajstić information content (AvgIpc) is 2.36. The predicted molar refractivity (Wildman–Crippen MR) is 72.7 cm³/mol. The Labute approximate surface area is 111 Å². The van der Waals surface area contributed by atoms with Crippen molar-refractivity contribution in [1.29, 1.82) is 0 Å². The van der Waals surface area contributed by atoms with E-state index in [2.05, 4.69) is 28.2 Å². The number of rotatable bonds is 6. The van der Waals surface area contributed by atoms with Crippen LogP contribution >= 0.6 is 15.9 Å². The molecule has 0 fully saturated rings. The van der Waals surface area contributed by atoms with E-state index in [1.165, 1.54) is 0 Å². The topological polar surface area (TPSA) is 38.3 Å². The number of halogens is 1. The zero-order valence-electron chi connectivity index (χ0n) is 10.2. The number of hydrogen-bond donors (Lipinski definition) is 1. The standard InChI is InChI=1S/C13H18BrNO2/c1-10(8-14)9-15-13(16)7-11-3-5-12(17-2)6-4-11/h3-6,10H,7-9H2,1-2H3,(H,15,16). The van der Waals surface area contributed by atoms with Gasteiger partial charge in [-0.3, -0.25) is 4.79 Å². The number of carbonyl (C=O) groups excluding carboxylic acids is 1. The van der Waals surface area contributed by atoms with E-state index in [-0.39, 0.29) is 5.91 Å². The first-order chi connectivity index (χ1) is 8.15. The molecule has 17 heavy (non-hydrogen) atoms. The Morgan fingerprint density at radius 1 is 1.41 bits per heavy atom. The maximum absolute atomic E-state index is 11.6. The second kappa shape index (κ2) is 7.33. The fraction of sp³-hybridized carbons (Fsp3) is 0.462. The van der Waals surface area contributed by atoms with Crippen LogP contribution in [0.1, 0.15) is 12.5 Å². The Morgan fingerprint density at radius 3 is 2.59 bits per heavy atom. The van der Waals surface area contributed by atoms with Crippen LogP contribution in [0.5, 0.6) is 5.75 Å². The van der Waals surface area contributed by atoms with E-state index in [4.69, 9.17) is 4.74 Å². The maximum Gasteiger partial charge on any atom is 0.224 e. The summed E-state index contributed by atoms with van der Waals surface area (Å²) in [5, 5.41) is 3.81. The lowest BCUT2D eigenvalue weighted by atomic mass is 10.1. The fourth-order valence-electron chi connectivity index (χ4n) is 1.33. The van der Waals surface area contributed by atoms with Crippen molar-refractivity contribution in [2.75, 3.05) is 19.0 Å². The molecule has 0 aliphatic heterocycles. The van der Waals surface area contributed by atoms with E-state index in [1.54, 1.807) is 7.11 Å². The van der Waals surface area contributed by atoms with Gasteiger partial charge in [0.25, 0.3) is 0 Å². The summed E-state index contributed by atoms with van der Waals surface area (Å²) in [6, 6.07) is 7.55. The van der Waals surface area contributed by atoms with Crippen molar-refractivity contribution in [3.63, 3.8) is 0 Å². The van der Waals surface area contributed by atoms with Gasteiger partial charge in [0.05, 0.1) is 13.5 Å². The van der Waals surface area contributed by atoms with Gasteiger partial charge in [0.1, 0.15) is 5.75 Å². The van der Waals surface area contributed by atoms with Gasteiger partial charge in [-0.25, -0.2) is 0 Å². The smallest absolute Gasteiger partial charge is 0.224 e. The lowest BCUT2D eigenvalue weighted by molar-refractivity contribution is -0.120. The van der Waals surface area contributed by atoms with Crippen molar-refractivity contribution in [3.8, 4) is 5.75 Å². The largest absolute Gasteiger partial charge is 0.497 e. The number of nitrogens with one attached hydrogen (secondary N) is 1. The van der Waals surface area contributed by atoms with Gasteiger partial charge >= 0.3 is 0 Å². The van der Waals surface area contributed by atoms with Crippen molar-refractivity contribution in [3.05, 3.63) is 29.8 Å². The van der Waals surface area contributed by atoms with Gasteiger partial charge in [0, 0.05) is 11.9 Å². The summed E-state index contributed by atoms with van der Waals surface area (Å²) >= 11 is 3.38. The Balaban J connectivity index is 2.39. The molecule has 1 N–H and O–H groups in total. The number of amides is 1. The minimum Gasteiger partial charge on any atom is -0.497 e. The summed E-state index contributed by atoms with van der Waals surface area (Å²) in [6.45, 7) is 2.79. The molecular weight excluding hydrogens is 282 g/mol. The van der Waals surface area contributed by atoms with E-state index >= 15 is 0 Å².